The molecule has 0 aromatic rings. The molecule has 0 atom stereocenters. The largest absolute Gasteiger partial charge is 0.366 e. The first kappa shape index (κ1) is 21.3. The van der Waals surface area contributed by atoms with Gasteiger partial charge in [0, 0.05) is 25.1 Å². The Hall–Kier alpha value is -1.42. The zero-order valence-electron chi connectivity index (χ0n) is 17.9. The van der Waals surface area contributed by atoms with Crippen molar-refractivity contribution in [2.45, 2.75) is 65.2 Å². The molecule has 1 saturated carbocycles. The minimum atomic E-state index is 0.264. The van der Waals surface area contributed by atoms with Gasteiger partial charge < -0.3 is 4.90 Å². The van der Waals surface area contributed by atoms with Gasteiger partial charge in [0.1, 0.15) is 5.78 Å². The third-order valence-corrected chi connectivity index (χ3v) is 6.96. The second-order valence-corrected chi connectivity index (χ2v) is 9.41. The maximum absolute atomic E-state index is 12.7. The number of carbonyl (C=O) groups excluding carboxylic acids is 2. The van der Waals surface area contributed by atoms with Crippen LogP contribution in [0.5, 0.6) is 0 Å². The van der Waals surface area contributed by atoms with Crippen molar-refractivity contribution in [3.63, 3.8) is 0 Å². The van der Waals surface area contributed by atoms with Crippen LogP contribution in [-0.4, -0.2) is 54.1 Å². The summed E-state index contributed by atoms with van der Waals surface area (Å²) in [5, 5.41) is 0. The van der Waals surface area contributed by atoms with Gasteiger partial charge in [-0.25, -0.2) is 0 Å². The molecule has 2 fully saturated rings. The van der Waals surface area contributed by atoms with Crippen LogP contribution in [-0.2, 0) is 9.59 Å². The fraction of sp³-hybridized carbons (Fsp3) is 0.750. The van der Waals surface area contributed by atoms with E-state index in [0.29, 0.717) is 37.0 Å². The summed E-state index contributed by atoms with van der Waals surface area (Å²) < 4.78 is 0. The number of likely N-dealkylation sites (tertiary alicyclic amines) is 1. The summed E-state index contributed by atoms with van der Waals surface area (Å²) in [5.41, 5.74) is 1.27. The van der Waals surface area contributed by atoms with E-state index in [4.69, 9.17) is 0 Å². The molecular formula is C24H38N2O2. The predicted molar refractivity (Wildman–Crippen MR) is 114 cm³/mol. The molecule has 0 aromatic heterocycles. The lowest BCUT2D eigenvalue weighted by Crippen LogP contribution is -2.39. The van der Waals surface area contributed by atoms with E-state index < -0.39 is 0 Å². The summed E-state index contributed by atoms with van der Waals surface area (Å²) in [5.74, 6) is 2.51. The number of allylic oxidation sites excluding steroid dienone is 2. The first-order chi connectivity index (χ1) is 13.5. The minimum absolute atomic E-state index is 0.264. The maximum Gasteiger partial charge on any atom is 0.152 e. The summed E-state index contributed by atoms with van der Waals surface area (Å²) in [4.78, 5) is 29.4. The second-order valence-electron chi connectivity index (χ2n) is 9.41. The van der Waals surface area contributed by atoms with E-state index in [1.807, 2.05) is 6.20 Å². The van der Waals surface area contributed by atoms with Crippen molar-refractivity contribution in [2.24, 2.45) is 17.8 Å². The van der Waals surface area contributed by atoms with Crippen LogP contribution in [0, 0.1) is 17.8 Å². The number of hydrogen-bond donors (Lipinski definition) is 0. The number of ketones is 2. The fourth-order valence-corrected chi connectivity index (χ4v) is 4.74. The van der Waals surface area contributed by atoms with Crippen LogP contribution in [0.15, 0.2) is 23.9 Å². The van der Waals surface area contributed by atoms with Crippen LogP contribution in [0.25, 0.3) is 0 Å². The van der Waals surface area contributed by atoms with Crippen molar-refractivity contribution in [3.8, 4) is 0 Å². The van der Waals surface area contributed by atoms with Crippen LogP contribution >= 0.6 is 0 Å². The number of rotatable bonds is 8. The quantitative estimate of drug-likeness (QED) is 0.626. The summed E-state index contributed by atoms with van der Waals surface area (Å²) in [7, 11) is 0. The van der Waals surface area contributed by atoms with Crippen LogP contribution in [0.2, 0.25) is 0 Å². The van der Waals surface area contributed by atoms with E-state index >= 15 is 0 Å². The van der Waals surface area contributed by atoms with Crippen molar-refractivity contribution in [1.82, 2.24) is 9.80 Å². The van der Waals surface area contributed by atoms with Gasteiger partial charge in [0.05, 0.1) is 13.1 Å². The molecule has 156 valence electrons. The van der Waals surface area contributed by atoms with Gasteiger partial charge in [-0.05, 0) is 82.9 Å². The Kier molecular flexibility index (Phi) is 7.90. The number of hydrogen-bond acceptors (Lipinski definition) is 4. The monoisotopic (exact) mass is 386 g/mol. The van der Waals surface area contributed by atoms with Crippen molar-refractivity contribution in [2.75, 3.05) is 32.7 Å². The lowest BCUT2D eigenvalue weighted by atomic mass is 9.78. The summed E-state index contributed by atoms with van der Waals surface area (Å²) in [6.45, 7) is 8.62. The third kappa shape index (κ3) is 6.58. The lowest BCUT2D eigenvalue weighted by Gasteiger charge is -2.32. The van der Waals surface area contributed by atoms with E-state index in [0.717, 1.165) is 57.7 Å². The molecule has 0 aromatic carbocycles. The Labute approximate surface area is 171 Å². The smallest absolute Gasteiger partial charge is 0.152 e. The number of piperidine rings is 1. The first-order valence-corrected chi connectivity index (χ1v) is 11.4. The predicted octanol–water partition coefficient (Wildman–Crippen LogP) is 4.22. The highest BCUT2D eigenvalue weighted by Gasteiger charge is 2.28. The highest BCUT2D eigenvalue weighted by atomic mass is 16.1. The maximum atomic E-state index is 12.7. The van der Waals surface area contributed by atoms with Gasteiger partial charge in [-0.2, -0.15) is 0 Å². The van der Waals surface area contributed by atoms with Crippen LogP contribution in [0.3, 0.4) is 0 Å². The summed E-state index contributed by atoms with van der Waals surface area (Å²) in [6, 6.07) is 0. The first-order valence-electron chi connectivity index (χ1n) is 11.4. The number of nitrogens with zero attached hydrogens (tertiary/aromatic N) is 2. The molecular weight excluding hydrogens is 348 g/mol. The Balaban J connectivity index is 1.30. The normalized spacial score (nSPS) is 26.9. The Morgan fingerprint density at radius 1 is 1.04 bits per heavy atom. The van der Waals surface area contributed by atoms with Gasteiger partial charge >= 0.3 is 0 Å². The van der Waals surface area contributed by atoms with E-state index in [1.54, 1.807) is 0 Å². The van der Waals surface area contributed by atoms with E-state index in [9.17, 15) is 9.59 Å². The van der Waals surface area contributed by atoms with E-state index in [-0.39, 0.29) is 5.92 Å². The molecule has 0 spiro atoms. The molecule has 0 bridgehead atoms. The SMILES string of the molecule is CC1=CCN(CC(=O)CCC2CCC(C(=O)CN3CCC(C)CC3)CC2)C=C1. The number of carbonyl (C=O) groups is 2. The standard InChI is InChI=1S/C24H38N2O2/c1-19-9-13-25(14-10-19)17-23(27)8-5-21-3-6-22(7-4-21)24(28)18-26-15-11-20(2)12-16-26/h9-10,13,20-22H,3-8,11-12,14-18H2,1-2H3. The van der Waals surface area contributed by atoms with Crippen LogP contribution < -0.4 is 0 Å². The molecule has 4 nitrogen and oxygen atoms in total. The van der Waals surface area contributed by atoms with Gasteiger partial charge in [0.2, 0.25) is 0 Å². The Morgan fingerprint density at radius 2 is 1.75 bits per heavy atom. The fourth-order valence-electron chi connectivity index (χ4n) is 4.74. The zero-order valence-corrected chi connectivity index (χ0v) is 17.9. The minimum Gasteiger partial charge on any atom is -0.366 e. The third-order valence-electron chi connectivity index (χ3n) is 6.96. The zero-order chi connectivity index (χ0) is 19.9. The molecule has 0 radical (unpaired) electrons. The van der Waals surface area contributed by atoms with Gasteiger partial charge in [-0.1, -0.05) is 18.6 Å². The molecule has 28 heavy (non-hydrogen) atoms. The molecule has 4 heteroatoms. The van der Waals surface area contributed by atoms with Gasteiger partial charge in [-0.3, -0.25) is 14.5 Å². The average Bonchev–Trinajstić information content (AvgIpc) is 2.70. The molecule has 1 saturated heterocycles. The molecule has 0 unspecified atom stereocenters. The summed E-state index contributed by atoms with van der Waals surface area (Å²) >= 11 is 0. The van der Waals surface area contributed by atoms with Crippen molar-refractivity contribution < 1.29 is 9.59 Å². The lowest BCUT2D eigenvalue weighted by molar-refractivity contribution is -0.126. The highest BCUT2D eigenvalue weighted by Crippen LogP contribution is 2.32. The molecule has 1 aliphatic carbocycles. The molecule has 2 aliphatic heterocycles. The van der Waals surface area contributed by atoms with Crippen molar-refractivity contribution >= 4 is 11.6 Å². The van der Waals surface area contributed by atoms with Gasteiger partial charge in [-0.15, -0.1) is 0 Å². The van der Waals surface area contributed by atoms with Gasteiger partial charge in [0.25, 0.3) is 0 Å². The highest BCUT2D eigenvalue weighted by molar-refractivity contribution is 5.83. The van der Waals surface area contributed by atoms with Crippen molar-refractivity contribution in [1.29, 1.82) is 0 Å². The molecule has 0 N–H and O–H groups in total. The second kappa shape index (κ2) is 10.4. The van der Waals surface area contributed by atoms with Gasteiger partial charge in [0.15, 0.2) is 5.78 Å². The Bertz CT molecular complexity index is 594. The molecule has 2 heterocycles. The van der Waals surface area contributed by atoms with E-state index in [1.165, 1.54) is 18.4 Å². The number of Topliss-reactive ketones (excluding diaryl/α,β-unsaturated/α-hetero) is 2. The average molecular weight is 387 g/mol. The topological polar surface area (TPSA) is 40.6 Å². The molecule has 3 aliphatic rings. The summed E-state index contributed by atoms with van der Waals surface area (Å²) in [6.07, 6.45) is 14.7. The molecule has 3 rings (SSSR count). The van der Waals surface area contributed by atoms with Crippen LogP contribution in [0.1, 0.15) is 65.2 Å². The van der Waals surface area contributed by atoms with E-state index in [2.05, 4.69) is 35.8 Å². The molecule has 0 amide bonds. The van der Waals surface area contributed by atoms with Crippen molar-refractivity contribution in [3.05, 3.63) is 23.9 Å². The van der Waals surface area contributed by atoms with Crippen LogP contribution in [0.4, 0.5) is 0 Å². The Morgan fingerprint density at radius 3 is 2.39 bits per heavy atom.